The van der Waals surface area contributed by atoms with Crippen LogP contribution in [0.25, 0.3) is 22.2 Å². The summed E-state index contributed by atoms with van der Waals surface area (Å²) in [4.78, 5) is 39.3. The number of carboxylic acid groups (broad SMARTS) is 1. The molecule has 204 valence electrons. The van der Waals surface area contributed by atoms with Crippen molar-refractivity contribution < 1.29 is 24.4 Å². The summed E-state index contributed by atoms with van der Waals surface area (Å²) in [5, 5.41) is 27.3. The number of ether oxygens (including phenoxy) is 1. The highest BCUT2D eigenvalue weighted by atomic mass is 16.7. The summed E-state index contributed by atoms with van der Waals surface area (Å²) in [6.45, 7) is 0.975. The van der Waals surface area contributed by atoms with Crippen molar-refractivity contribution in [3.8, 4) is 17.0 Å². The highest BCUT2D eigenvalue weighted by Gasteiger charge is 2.25. The fraction of sp³-hybridized carbons (Fsp3) is 0.269. The molecule has 0 aliphatic heterocycles. The monoisotopic (exact) mass is 535 g/mol. The molecule has 0 unspecified atom stereocenters. The first-order chi connectivity index (χ1) is 18.7. The Hall–Kier alpha value is -4.75. The highest BCUT2D eigenvalue weighted by Crippen LogP contribution is 2.39. The van der Waals surface area contributed by atoms with Gasteiger partial charge in [-0.1, -0.05) is 18.2 Å². The molecule has 0 atom stereocenters. The molecule has 0 saturated heterocycles. The van der Waals surface area contributed by atoms with Crippen LogP contribution in [0.1, 0.15) is 10.5 Å². The lowest BCUT2D eigenvalue weighted by Crippen LogP contribution is -2.30. The predicted octanol–water partition coefficient (Wildman–Crippen LogP) is 3.92. The van der Waals surface area contributed by atoms with E-state index in [1.54, 1.807) is 54.9 Å². The van der Waals surface area contributed by atoms with Gasteiger partial charge in [-0.3, -0.25) is 10.1 Å². The number of hydroxylamine groups is 2. The number of methoxy groups -OCH3 is 1. The Balaban J connectivity index is 1.74. The summed E-state index contributed by atoms with van der Waals surface area (Å²) in [7, 11) is 8.20. The standard InChI is InChI=1S/C26H29N7O6/c1-30(12-13-31(2)39-5)20-15-22(38-4)18(14-21(20)33(36)37)29-26-27-11-10-17(28-26)23-16-8-6-7-9-19(16)32(3)24(23)25(34)35/h6-11,14-15H,12-13H2,1-5H3,(H,34,35)(H,27,28,29). The Bertz CT molecular complexity index is 1540. The van der Waals surface area contributed by atoms with E-state index in [4.69, 9.17) is 9.57 Å². The predicted molar refractivity (Wildman–Crippen MR) is 147 cm³/mol. The molecule has 0 fully saturated rings. The zero-order valence-electron chi connectivity index (χ0n) is 22.2. The molecule has 2 heterocycles. The first-order valence-corrected chi connectivity index (χ1v) is 11.9. The number of nitrogens with one attached hydrogen (secondary N) is 1. The first-order valence-electron chi connectivity index (χ1n) is 11.9. The van der Waals surface area contributed by atoms with Gasteiger partial charge in [0.05, 0.1) is 30.5 Å². The Morgan fingerprint density at radius 1 is 1.18 bits per heavy atom. The van der Waals surface area contributed by atoms with Crippen molar-refractivity contribution in [1.29, 1.82) is 0 Å². The van der Waals surface area contributed by atoms with Crippen LogP contribution in [0.2, 0.25) is 0 Å². The molecule has 39 heavy (non-hydrogen) atoms. The third-order valence-electron chi connectivity index (χ3n) is 6.43. The summed E-state index contributed by atoms with van der Waals surface area (Å²) >= 11 is 0. The van der Waals surface area contributed by atoms with E-state index in [1.807, 2.05) is 24.3 Å². The molecule has 4 rings (SSSR count). The number of hydrogen-bond donors (Lipinski definition) is 2. The van der Waals surface area contributed by atoms with E-state index in [1.165, 1.54) is 19.4 Å². The maximum absolute atomic E-state index is 12.2. The minimum atomic E-state index is -1.09. The summed E-state index contributed by atoms with van der Waals surface area (Å²) in [6.07, 6.45) is 1.49. The van der Waals surface area contributed by atoms with Crippen LogP contribution in [0.4, 0.5) is 23.0 Å². The number of carbonyl (C=O) groups is 1. The van der Waals surface area contributed by atoms with Gasteiger partial charge < -0.3 is 29.5 Å². The van der Waals surface area contributed by atoms with E-state index < -0.39 is 10.9 Å². The van der Waals surface area contributed by atoms with E-state index in [0.717, 1.165) is 10.9 Å². The number of aromatic nitrogens is 3. The molecule has 2 N–H and O–H groups in total. The molecule has 2 aromatic heterocycles. The average Bonchev–Trinajstić information content (AvgIpc) is 3.24. The van der Waals surface area contributed by atoms with E-state index in [9.17, 15) is 20.0 Å². The third-order valence-corrected chi connectivity index (χ3v) is 6.43. The van der Waals surface area contributed by atoms with Crippen molar-refractivity contribution in [2.24, 2.45) is 7.05 Å². The summed E-state index contributed by atoms with van der Waals surface area (Å²) in [5.41, 5.74) is 2.16. The molecular weight excluding hydrogens is 506 g/mol. The Morgan fingerprint density at radius 2 is 1.92 bits per heavy atom. The molecule has 0 radical (unpaired) electrons. The third kappa shape index (κ3) is 5.44. The van der Waals surface area contributed by atoms with Crippen molar-refractivity contribution >= 4 is 39.9 Å². The largest absolute Gasteiger partial charge is 0.494 e. The minimum Gasteiger partial charge on any atom is -0.494 e. The van der Waals surface area contributed by atoms with Crippen LogP contribution in [0, 0.1) is 10.1 Å². The molecule has 0 bridgehead atoms. The van der Waals surface area contributed by atoms with Gasteiger partial charge in [-0.05, 0) is 12.1 Å². The number of hydrogen-bond acceptors (Lipinski definition) is 10. The molecular formula is C26H29N7O6. The van der Waals surface area contributed by atoms with Crippen LogP contribution in [-0.2, 0) is 11.9 Å². The fourth-order valence-electron chi connectivity index (χ4n) is 4.36. The Labute approximate surface area is 224 Å². The number of para-hydroxylation sites is 1. The van der Waals surface area contributed by atoms with Crippen LogP contribution >= 0.6 is 0 Å². The van der Waals surface area contributed by atoms with Gasteiger partial charge >= 0.3 is 5.97 Å². The SMILES string of the molecule is COc1cc(N(C)CCN(C)OC)c([N+](=O)[O-])cc1Nc1nccc(-c2c(C(=O)O)n(C)c3ccccc23)n1. The van der Waals surface area contributed by atoms with Crippen LogP contribution in [0.15, 0.2) is 48.7 Å². The number of benzene rings is 2. The number of carboxylic acids is 1. The van der Waals surface area contributed by atoms with Crippen LogP contribution in [-0.4, -0.2) is 77.0 Å². The second kappa shape index (κ2) is 11.3. The van der Waals surface area contributed by atoms with Gasteiger partial charge in [-0.25, -0.2) is 14.8 Å². The average molecular weight is 536 g/mol. The number of rotatable bonds is 11. The minimum absolute atomic E-state index is 0.0839. The van der Waals surface area contributed by atoms with E-state index in [2.05, 4.69) is 15.3 Å². The van der Waals surface area contributed by atoms with Crippen LogP contribution < -0.4 is 15.0 Å². The second-order valence-corrected chi connectivity index (χ2v) is 8.75. The van der Waals surface area contributed by atoms with E-state index >= 15 is 0 Å². The molecule has 4 aromatic rings. The lowest BCUT2D eigenvalue weighted by molar-refractivity contribution is -0.384. The number of likely N-dealkylation sites (N-methyl/N-ethyl adjacent to an activating group) is 2. The number of aromatic carboxylic acids is 1. The first kappa shape index (κ1) is 27.3. The van der Waals surface area contributed by atoms with Gasteiger partial charge in [-0.2, -0.15) is 5.06 Å². The summed E-state index contributed by atoms with van der Waals surface area (Å²) < 4.78 is 7.14. The number of nitro benzene ring substituents is 1. The molecule has 2 aromatic carbocycles. The fourth-order valence-corrected chi connectivity index (χ4v) is 4.36. The molecule has 0 aliphatic carbocycles. The number of anilines is 3. The van der Waals surface area contributed by atoms with Crippen molar-refractivity contribution in [2.75, 3.05) is 51.6 Å². The van der Waals surface area contributed by atoms with Crippen molar-refractivity contribution in [1.82, 2.24) is 19.6 Å². The van der Waals surface area contributed by atoms with E-state index in [-0.39, 0.29) is 23.0 Å². The van der Waals surface area contributed by atoms with Gasteiger partial charge in [0.2, 0.25) is 5.95 Å². The number of nitro groups is 1. The smallest absolute Gasteiger partial charge is 0.353 e. The Morgan fingerprint density at radius 3 is 2.59 bits per heavy atom. The van der Waals surface area contributed by atoms with Crippen LogP contribution in [0.3, 0.4) is 0 Å². The summed E-state index contributed by atoms with van der Waals surface area (Å²) in [6, 6.07) is 11.9. The van der Waals surface area contributed by atoms with Gasteiger partial charge in [0.1, 0.15) is 17.1 Å². The molecule has 13 nitrogen and oxygen atoms in total. The van der Waals surface area contributed by atoms with E-state index in [0.29, 0.717) is 35.8 Å². The normalized spacial score (nSPS) is 11.1. The Kier molecular flexibility index (Phi) is 7.93. The topological polar surface area (TPSA) is 148 Å². The van der Waals surface area contributed by atoms with Gasteiger partial charge in [0.15, 0.2) is 0 Å². The number of nitrogens with zero attached hydrogens (tertiary/aromatic N) is 6. The second-order valence-electron chi connectivity index (χ2n) is 8.75. The maximum atomic E-state index is 12.2. The lowest BCUT2D eigenvalue weighted by atomic mass is 10.1. The van der Waals surface area contributed by atoms with Crippen molar-refractivity contribution in [3.05, 3.63) is 64.5 Å². The maximum Gasteiger partial charge on any atom is 0.353 e. The van der Waals surface area contributed by atoms with Gasteiger partial charge in [-0.15, -0.1) is 0 Å². The molecule has 0 saturated carbocycles. The van der Waals surface area contributed by atoms with Crippen LogP contribution in [0.5, 0.6) is 5.75 Å². The zero-order valence-corrected chi connectivity index (χ0v) is 22.2. The highest BCUT2D eigenvalue weighted by molar-refractivity contribution is 6.07. The van der Waals surface area contributed by atoms with Gasteiger partial charge in [0.25, 0.3) is 5.69 Å². The molecule has 13 heteroatoms. The molecule has 0 amide bonds. The zero-order chi connectivity index (χ0) is 28.3. The summed E-state index contributed by atoms with van der Waals surface area (Å²) in [5.74, 6) is -0.634. The quantitative estimate of drug-likeness (QED) is 0.213. The number of aryl methyl sites for hydroxylation is 1. The lowest BCUT2D eigenvalue weighted by Gasteiger charge is -2.23. The molecule has 0 spiro atoms. The van der Waals surface area contributed by atoms with Crippen molar-refractivity contribution in [2.45, 2.75) is 0 Å². The number of fused-ring (bicyclic) bond motifs is 1. The molecule has 0 aliphatic rings. The van der Waals surface area contributed by atoms with Crippen molar-refractivity contribution in [3.63, 3.8) is 0 Å². The van der Waals surface area contributed by atoms with Gasteiger partial charge in [0, 0.05) is 69.0 Å².